The molecular weight excluding hydrogens is 212 g/mol. The fourth-order valence-corrected chi connectivity index (χ4v) is 0.932. The summed E-state index contributed by atoms with van der Waals surface area (Å²) >= 11 is 3.17. The first-order chi connectivity index (χ1) is 5.16. The van der Waals surface area contributed by atoms with Crippen molar-refractivity contribution in [3.63, 3.8) is 0 Å². The lowest BCUT2D eigenvalue weighted by molar-refractivity contribution is 0.0825. The zero-order chi connectivity index (χ0) is 8.43. The lowest BCUT2D eigenvalue weighted by Gasteiger charge is -1.94. The number of ether oxygens (including phenoxy) is 1. The largest absolute Gasteiger partial charge is 0.464 e. The molecule has 0 bridgehead atoms. The first-order valence-electron chi connectivity index (χ1n) is 2.90. The van der Waals surface area contributed by atoms with Crippen LogP contribution in [-0.4, -0.2) is 7.11 Å². The van der Waals surface area contributed by atoms with Crippen molar-refractivity contribution in [1.82, 2.24) is 0 Å². The van der Waals surface area contributed by atoms with Crippen molar-refractivity contribution in [2.24, 2.45) is 10.2 Å². The highest BCUT2D eigenvalue weighted by molar-refractivity contribution is 9.12. The van der Waals surface area contributed by atoms with Crippen LogP contribution in [0.1, 0.15) is 6.92 Å². The molecule has 0 aromatic carbocycles. The van der Waals surface area contributed by atoms with E-state index >= 15 is 0 Å². The highest BCUT2D eigenvalue weighted by atomic mass is 79.9. The number of halogens is 1. The van der Waals surface area contributed by atoms with Gasteiger partial charge in [0.25, 0.3) is 0 Å². The van der Waals surface area contributed by atoms with Gasteiger partial charge in [-0.15, -0.1) is 5.11 Å². The number of azo groups is 1. The number of hydrogen-bond acceptors (Lipinski definition) is 3. The van der Waals surface area contributed by atoms with Gasteiger partial charge in [-0.2, -0.15) is 5.11 Å². The number of nitrogens with zero attached hydrogens (tertiary/aromatic N) is 2. The van der Waals surface area contributed by atoms with Gasteiger partial charge < -0.3 is 4.74 Å². The molecule has 0 aromatic heterocycles. The Balaban J connectivity index is 3.05. The van der Waals surface area contributed by atoms with E-state index in [1.807, 2.05) is 0 Å². The van der Waals surface area contributed by atoms with Crippen molar-refractivity contribution < 1.29 is 9.84 Å². The predicted molar refractivity (Wildman–Crippen MR) is 41.2 cm³/mol. The fourth-order valence-electron chi connectivity index (χ4n) is 0.611. The molecule has 0 amide bonds. The summed E-state index contributed by atoms with van der Waals surface area (Å²) in [5, 5.41) is 18.2. The van der Waals surface area contributed by atoms with Gasteiger partial charge >= 0.3 is 5.95 Å². The van der Waals surface area contributed by atoms with Gasteiger partial charge in [0.2, 0.25) is 0 Å². The van der Waals surface area contributed by atoms with E-state index < -0.39 is 5.95 Å². The second-order valence-electron chi connectivity index (χ2n) is 1.94. The van der Waals surface area contributed by atoms with Crippen LogP contribution < -0.4 is 0 Å². The Morgan fingerprint density at radius 1 is 1.55 bits per heavy atom. The maximum Gasteiger partial charge on any atom is 0.359 e. The summed E-state index contributed by atoms with van der Waals surface area (Å²) in [6.07, 6.45) is 0. The Bertz CT molecular complexity index is 268. The fraction of sp³-hybridized carbons (Fsp3) is 0.333. The standard InChI is InChI=1S/C6H6BrN2O2/c1-3-4(7)5(9-8-3)6(10)11-2/h1-2H3. The van der Waals surface area contributed by atoms with Crippen LogP contribution in [0, 0.1) is 0 Å². The van der Waals surface area contributed by atoms with E-state index in [0.717, 1.165) is 0 Å². The van der Waals surface area contributed by atoms with Crippen molar-refractivity contribution in [2.45, 2.75) is 6.92 Å². The molecule has 5 heteroatoms. The molecule has 0 aliphatic carbocycles. The summed E-state index contributed by atoms with van der Waals surface area (Å²) < 4.78 is 5.06. The van der Waals surface area contributed by atoms with Crippen LogP contribution in [0.15, 0.2) is 32.1 Å². The molecule has 0 spiro atoms. The van der Waals surface area contributed by atoms with Crippen molar-refractivity contribution in [3.8, 4) is 0 Å². The Labute approximate surface area is 72.4 Å². The third kappa shape index (κ3) is 1.42. The van der Waals surface area contributed by atoms with E-state index in [-0.39, 0.29) is 5.70 Å². The summed E-state index contributed by atoms with van der Waals surface area (Å²) in [5.41, 5.74) is 0.912. The average Bonchev–Trinajstić information content (AvgIpc) is 2.32. The molecule has 0 N–H and O–H groups in total. The van der Waals surface area contributed by atoms with Crippen LogP contribution in [0.4, 0.5) is 0 Å². The van der Waals surface area contributed by atoms with Crippen LogP contribution in [0.25, 0.3) is 0 Å². The van der Waals surface area contributed by atoms with Crippen molar-refractivity contribution in [2.75, 3.05) is 7.11 Å². The minimum absolute atomic E-state index is 0.227. The first-order valence-corrected chi connectivity index (χ1v) is 3.70. The summed E-state index contributed by atoms with van der Waals surface area (Å²) in [4.78, 5) is 0. The van der Waals surface area contributed by atoms with Crippen LogP contribution in [0.2, 0.25) is 0 Å². The van der Waals surface area contributed by atoms with Gasteiger partial charge in [-0.1, -0.05) is 0 Å². The SMILES string of the molecule is COC([O])=C1N=NC(C)=C1Br. The third-order valence-corrected chi connectivity index (χ3v) is 2.15. The summed E-state index contributed by atoms with van der Waals surface area (Å²) in [6, 6.07) is 0. The lowest BCUT2D eigenvalue weighted by atomic mass is 10.4. The molecule has 1 rings (SSSR count). The highest BCUT2D eigenvalue weighted by Gasteiger charge is 2.18. The number of rotatable bonds is 1. The van der Waals surface area contributed by atoms with Crippen LogP contribution >= 0.6 is 15.9 Å². The maximum absolute atomic E-state index is 10.9. The average molecular weight is 218 g/mol. The van der Waals surface area contributed by atoms with E-state index in [1.165, 1.54) is 7.11 Å². The number of methoxy groups -OCH3 is 1. The monoisotopic (exact) mass is 217 g/mol. The second kappa shape index (κ2) is 3.04. The zero-order valence-corrected chi connectivity index (χ0v) is 7.67. The molecule has 4 nitrogen and oxygen atoms in total. The molecule has 0 unspecified atom stereocenters. The van der Waals surface area contributed by atoms with E-state index in [4.69, 9.17) is 0 Å². The summed E-state index contributed by atoms with van der Waals surface area (Å²) in [7, 11) is 1.30. The molecule has 1 aliphatic heterocycles. The topological polar surface area (TPSA) is 53.8 Å². The van der Waals surface area contributed by atoms with Gasteiger partial charge in [0.05, 0.1) is 17.3 Å². The van der Waals surface area contributed by atoms with Crippen molar-refractivity contribution in [3.05, 3.63) is 21.8 Å². The molecule has 0 saturated heterocycles. The Hall–Kier alpha value is -0.840. The Kier molecular flexibility index (Phi) is 2.28. The molecule has 0 aromatic rings. The highest BCUT2D eigenvalue weighted by Crippen LogP contribution is 2.31. The predicted octanol–water partition coefficient (Wildman–Crippen LogP) is 2.32. The molecule has 1 aliphatic rings. The Morgan fingerprint density at radius 2 is 2.18 bits per heavy atom. The third-order valence-electron chi connectivity index (χ3n) is 1.20. The molecule has 0 saturated carbocycles. The summed E-state index contributed by atoms with van der Waals surface area (Å²) in [5.74, 6) is -0.475. The molecule has 0 atom stereocenters. The minimum atomic E-state index is -0.475. The molecule has 59 valence electrons. The van der Waals surface area contributed by atoms with Gasteiger partial charge in [0, 0.05) is 0 Å². The van der Waals surface area contributed by atoms with E-state index in [0.29, 0.717) is 10.2 Å². The molecule has 11 heavy (non-hydrogen) atoms. The van der Waals surface area contributed by atoms with Gasteiger partial charge in [-0.3, -0.25) is 0 Å². The van der Waals surface area contributed by atoms with Crippen LogP contribution in [-0.2, 0) is 9.84 Å². The van der Waals surface area contributed by atoms with Crippen molar-refractivity contribution in [1.29, 1.82) is 0 Å². The van der Waals surface area contributed by atoms with E-state index in [2.05, 4.69) is 30.9 Å². The smallest absolute Gasteiger partial charge is 0.359 e. The molecule has 0 fully saturated rings. The first kappa shape index (κ1) is 8.26. The van der Waals surface area contributed by atoms with Gasteiger partial charge in [-0.05, 0) is 22.9 Å². The van der Waals surface area contributed by atoms with Crippen LogP contribution in [0.3, 0.4) is 0 Å². The zero-order valence-electron chi connectivity index (χ0n) is 6.09. The normalized spacial score (nSPS) is 21.0. The van der Waals surface area contributed by atoms with Crippen molar-refractivity contribution >= 4 is 15.9 Å². The summed E-state index contributed by atoms with van der Waals surface area (Å²) in [6.45, 7) is 1.75. The van der Waals surface area contributed by atoms with E-state index in [9.17, 15) is 5.11 Å². The molecule has 1 radical (unpaired) electrons. The van der Waals surface area contributed by atoms with Crippen LogP contribution in [0.5, 0.6) is 0 Å². The quantitative estimate of drug-likeness (QED) is 0.623. The molecular formula is C6H6BrN2O2. The maximum atomic E-state index is 10.9. The van der Waals surface area contributed by atoms with Gasteiger partial charge in [0.15, 0.2) is 5.70 Å². The van der Waals surface area contributed by atoms with E-state index in [1.54, 1.807) is 6.92 Å². The van der Waals surface area contributed by atoms with Gasteiger partial charge in [-0.25, -0.2) is 5.11 Å². The Morgan fingerprint density at radius 3 is 2.55 bits per heavy atom. The number of hydrogen-bond donors (Lipinski definition) is 0. The molecule has 1 heterocycles. The van der Waals surface area contributed by atoms with Gasteiger partial charge in [0.1, 0.15) is 0 Å². The number of allylic oxidation sites excluding steroid dienone is 2. The minimum Gasteiger partial charge on any atom is -0.464 e. The second-order valence-corrected chi connectivity index (χ2v) is 2.73. The lowest BCUT2D eigenvalue weighted by Crippen LogP contribution is -1.87.